The molecule has 14 heteroatoms. The van der Waals surface area contributed by atoms with Gasteiger partial charge in [0.1, 0.15) is 11.6 Å². The first-order chi connectivity index (χ1) is 17.6. The van der Waals surface area contributed by atoms with E-state index >= 15 is 0 Å². The Labute approximate surface area is 208 Å². The second-order valence-corrected chi connectivity index (χ2v) is 10.5. The van der Waals surface area contributed by atoms with Gasteiger partial charge in [0.2, 0.25) is 10.0 Å². The van der Waals surface area contributed by atoms with Crippen molar-refractivity contribution in [3.63, 3.8) is 0 Å². The van der Waals surface area contributed by atoms with Crippen LogP contribution in [0.15, 0.2) is 64.3 Å². The maximum Gasteiger partial charge on any atom is 0.573 e. The SMILES string of the molecule is O=c1[nH]c([C@@H]2CCCN(S(=O)(=O)c3ccc(OC(F)(F)F)cc3)C2)nc2c1nnn2Cc1ccccc1. The van der Waals surface area contributed by atoms with Crippen molar-refractivity contribution < 1.29 is 26.3 Å². The van der Waals surface area contributed by atoms with Gasteiger partial charge in [-0.2, -0.15) is 4.31 Å². The van der Waals surface area contributed by atoms with Crippen LogP contribution in [0.5, 0.6) is 5.75 Å². The standard InChI is InChI=1S/C23H21F3N6O4S/c24-23(25,26)36-17-8-10-18(11-9-17)37(34,35)31-12-4-7-16(14-31)20-27-21-19(22(33)28-20)29-30-32(21)13-15-5-2-1-3-6-15/h1-3,5-6,8-11,16H,4,7,12-14H2,(H,27,28,33)/t16-/m1/s1. The van der Waals surface area contributed by atoms with E-state index < -0.39 is 33.6 Å². The molecule has 2 aromatic heterocycles. The molecule has 0 unspecified atom stereocenters. The number of ether oxygens (including phenoxy) is 1. The summed E-state index contributed by atoms with van der Waals surface area (Å²) in [7, 11) is -4.01. The number of alkyl halides is 3. The largest absolute Gasteiger partial charge is 0.573 e. The molecular weight excluding hydrogens is 513 g/mol. The molecule has 10 nitrogen and oxygen atoms in total. The number of benzene rings is 2. The lowest BCUT2D eigenvalue weighted by atomic mass is 9.99. The van der Waals surface area contributed by atoms with E-state index in [2.05, 4.69) is 25.0 Å². The van der Waals surface area contributed by atoms with Gasteiger partial charge in [-0.05, 0) is 42.7 Å². The van der Waals surface area contributed by atoms with Crippen LogP contribution in [0.25, 0.3) is 11.2 Å². The normalized spacial score (nSPS) is 17.2. The summed E-state index contributed by atoms with van der Waals surface area (Å²) >= 11 is 0. The van der Waals surface area contributed by atoms with Gasteiger partial charge in [0.25, 0.3) is 5.56 Å². The maximum atomic E-state index is 13.2. The van der Waals surface area contributed by atoms with E-state index in [0.717, 1.165) is 29.8 Å². The molecule has 0 bridgehead atoms. The van der Waals surface area contributed by atoms with Crippen molar-refractivity contribution in [1.29, 1.82) is 0 Å². The van der Waals surface area contributed by atoms with Crippen LogP contribution in [0.3, 0.4) is 0 Å². The zero-order valence-electron chi connectivity index (χ0n) is 19.2. The molecule has 194 valence electrons. The second kappa shape index (κ2) is 9.59. The number of nitrogens with one attached hydrogen (secondary N) is 1. The minimum absolute atomic E-state index is 0.0395. The molecular formula is C23H21F3N6O4S. The summed E-state index contributed by atoms with van der Waals surface area (Å²) in [4.78, 5) is 19.8. The fourth-order valence-electron chi connectivity index (χ4n) is 4.29. The molecule has 3 heterocycles. The minimum atomic E-state index is -4.88. The Morgan fingerprint density at radius 1 is 1.08 bits per heavy atom. The highest BCUT2D eigenvalue weighted by molar-refractivity contribution is 7.89. The van der Waals surface area contributed by atoms with Gasteiger partial charge in [-0.1, -0.05) is 35.5 Å². The van der Waals surface area contributed by atoms with Gasteiger partial charge in [-0.3, -0.25) is 4.79 Å². The van der Waals surface area contributed by atoms with E-state index in [4.69, 9.17) is 0 Å². The Morgan fingerprint density at radius 2 is 1.81 bits per heavy atom. The Morgan fingerprint density at radius 3 is 2.51 bits per heavy atom. The Balaban J connectivity index is 1.39. The third kappa shape index (κ3) is 5.34. The summed E-state index contributed by atoms with van der Waals surface area (Å²) in [5.41, 5.74) is 0.850. The predicted molar refractivity (Wildman–Crippen MR) is 125 cm³/mol. The summed E-state index contributed by atoms with van der Waals surface area (Å²) < 4.78 is 70.2. The molecule has 1 atom stereocenters. The molecule has 0 amide bonds. The highest BCUT2D eigenvalue weighted by Gasteiger charge is 2.34. The van der Waals surface area contributed by atoms with E-state index in [1.165, 1.54) is 8.99 Å². The number of piperidine rings is 1. The van der Waals surface area contributed by atoms with Gasteiger partial charge in [-0.15, -0.1) is 18.3 Å². The number of hydrogen-bond acceptors (Lipinski definition) is 7. The van der Waals surface area contributed by atoms with Crippen LogP contribution in [0.2, 0.25) is 0 Å². The summed E-state index contributed by atoms with van der Waals surface area (Å²) in [6, 6.07) is 13.5. The van der Waals surface area contributed by atoms with Crippen LogP contribution in [0, 0.1) is 0 Å². The van der Waals surface area contributed by atoms with Crippen LogP contribution in [0.4, 0.5) is 13.2 Å². The number of aromatic amines is 1. The number of aromatic nitrogens is 5. The first-order valence-electron chi connectivity index (χ1n) is 11.3. The number of hydrogen-bond donors (Lipinski definition) is 1. The fraction of sp³-hybridized carbons (Fsp3) is 0.304. The molecule has 0 spiro atoms. The summed E-state index contributed by atoms with van der Waals surface area (Å²) in [6.07, 6.45) is -3.79. The van der Waals surface area contributed by atoms with Crippen molar-refractivity contribution in [2.45, 2.75) is 36.6 Å². The first-order valence-corrected chi connectivity index (χ1v) is 12.8. The van der Waals surface area contributed by atoms with Gasteiger partial charge in [0.05, 0.1) is 11.4 Å². The lowest BCUT2D eigenvalue weighted by molar-refractivity contribution is -0.274. The summed E-state index contributed by atoms with van der Waals surface area (Å²) in [5, 5.41) is 8.00. The van der Waals surface area contributed by atoms with Crippen LogP contribution in [0.1, 0.15) is 30.1 Å². The molecule has 4 aromatic rings. The van der Waals surface area contributed by atoms with Crippen molar-refractivity contribution in [3.8, 4) is 5.75 Å². The van der Waals surface area contributed by atoms with Gasteiger partial charge in [0.15, 0.2) is 11.2 Å². The van der Waals surface area contributed by atoms with Gasteiger partial charge < -0.3 is 9.72 Å². The molecule has 5 rings (SSSR count). The number of rotatable bonds is 6. The van der Waals surface area contributed by atoms with E-state index in [1.54, 1.807) is 0 Å². The number of fused-ring (bicyclic) bond motifs is 1. The zero-order valence-corrected chi connectivity index (χ0v) is 20.0. The van der Waals surface area contributed by atoms with E-state index in [1.807, 2.05) is 30.3 Å². The van der Waals surface area contributed by atoms with Crippen molar-refractivity contribution >= 4 is 21.2 Å². The summed E-state index contributed by atoms with van der Waals surface area (Å²) in [5.74, 6) is -0.602. The quantitative estimate of drug-likeness (QED) is 0.403. The molecule has 1 aliphatic heterocycles. The van der Waals surface area contributed by atoms with Crippen molar-refractivity contribution in [3.05, 3.63) is 76.3 Å². The third-order valence-corrected chi connectivity index (χ3v) is 7.91. The number of halogens is 3. The maximum absolute atomic E-state index is 13.2. The van der Waals surface area contributed by atoms with Crippen LogP contribution >= 0.6 is 0 Å². The molecule has 1 saturated heterocycles. The molecule has 37 heavy (non-hydrogen) atoms. The fourth-order valence-corrected chi connectivity index (χ4v) is 5.81. The average molecular weight is 535 g/mol. The summed E-state index contributed by atoms with van der Waals surface area (Å²) in [6.45, 7) is 0.615. The monoisotopic (exact) mass is 534 g/mol. The van der Waals surface area contributed by atoms with E-state index in [9.17, 15) is 26.4 Å². The van der Waals surface area contributed by atoms with Crippen molar-refractivity contribution in [2.24, 2.45) is 0 Å². The van der Waals surface area contributed by atoms with E-state index in [-0.39, 0.29) is 23.5 Å². The van der Waals surface area contributed by atoms with Gasteiger partial charge >= 0.3 is 6.36 Å². The molecule has 1 N–H and O–H groups in total. The molecule has 1 aliphatic rings. The van der Waals surface area contributed by atoms with Crippen LogP contribution in [-0.4, -0.2) is 57.1 Å². The number of H-pyrrole nitrogens is 1. The van der Waals surface area contributed by atoms with E-state index in [0.29, 0.717) is 30.9 Å². The highest BCUT2D eigenvalue weighted by Crippen LogP contribution is 2.30. The molecule has 0 radical (unpaired) electrons. The topological polar surface area (TPSA) is 123 Å². The lowest BCUT2D eigenvalue weighted by Gasteiger charge is -2.31. The van der Waals surface area contributed by atoms with Gasteiger partial charge in [0, 0.05) is 19.0 Å². The molecule has 2 aromatic carbocycles. The van der Waals surface area contributed by atoms with Crippen molar-refractivity contribution in [2.75, 3.05) is 13.1 Å². The third-order valence-electron chi connectivity index (χ3n) is 6.03. The van der Waals surface area contributed by atoms with Crippen LogP contribution in [-0.2, 0) is 16.6 Å². The molecule has 1 fully saturated rings. The Bertz CT molecular complexity index is 1570. The lowest BCUT2D eigenvalue weighted by Crippen LogP contribution is -2.39. The smallest absolute Gasteiger partial charge is 0.406 e. The molecule has 0 aliphatic carbocycles. The number of sulfonamides is 1. The second-order valence-electron chi connectivity index (χ2n) is 8.58. The van der Waals surface area contributed by atoms with Gasteiger partial charge in [-0.25, -0.2) is 18.1 Å². The average Bonchev–Trinajstić information content (AvgIpc) is 3.27. The number of nitrogens with zero attached hydrogens (tertiary/aromatic N) is 5. The highest BCUT2D eigenvalue weighted by atomic mass is 32.2. The molecule has 0 saturated carbocycles. The van der Waals surface area contributed by atoms with Crippen LogP contribution < -0.4 is 10.3 Å². The first kappa shape index (κ1) is 24.9. The Hall–Kier alpha value is -3.78. The van der Waals surface area contributed by atoms with Crippen molar-refractivity contribution in [1.82, 2.24) is 29.3 Å². The minimum Gasteiger partial charge on any atom is -0.406 e. The predicted octanol–water partition coefficient (Wildman–Crippen LogP) is 3.03. The Kier molecular flexibility index (Phi) is 6.45. The zero-order chi connectivity index (χ0) is 26.2.